The number of carboxylic acids is 1. The minimum Gasteiger partial charge on any atom is -0.479 e. The highest BCUT2D eigenvalue weighted by Crippen LogP contribution is 2.43. The third-order valence-corrected chi connectivity index (χ3v) is 4.36. The predicted octanol–water partition coefficient (Wildman–Crippen LogP) is 3.53. The van der Waals surface area contributed by atoms with Crippen LogP contribution >= 0.6 is 0 Å². The predicted molar refractivity (Wildman–Crippen MR) is 89.7 cm³/mol. The van der Waals surface area contributed by atoms with Gasteiger partial charge in [0.1, 0.15) is 5.82 Å². The Morgan fingerprint density at radius 2 is 1.89 bits per heavy atom. The molecule has 0 spiro atoms. The van der Waals surface area contributed by atoms with Crippen LogP contribution < -0.4 is 0 Å². The molecule has 5 nitrogen and oxygen atoms in total. The number of aliphatic hydroxyl groups is 1. The van der Waals surface area contributed by atoms with Gasteiger partial charge in [0, 0.05) is 23.7 Å². The number of aromatic nitrogens is 1. The van der Waals surface area contributed by atoms with E-state index in [0.717, 1.165) is 12.3 Å². The maximum absolute atomic E-state index is 13.5. The van der Waals surface area contributed by atoms with E-state index in [1.807, 2.05) is 6.07 Å². The minimum atomic E-state index is -5.50. The Morgan fingerprint density at radius 1 is 1.18 bits per heavy atom. The van der Waals surface area contributed by atoms with E-state index >= 15 is 0 Å². The number of rotatable bonds is 4. The summed E-state index contributed by atoms with van der Waals surface area (Å²) in [6, 6.07) is 10.8. The molecule has 0 saturated carbocycles. The van der Waals surface area contributed by atoms with Gasteiger partial charge < -0.3 is 14.8 Å². The maximum atomic E-state index is 13.5. The van der Waals surface area contributed by atoms with Gasteiger partial charge in [0.15, 0.2) is 0 Å². The summed E-state index contributed by atoms with van der Waals surface area (Å²) < 4.78 is 55.1. The first kappa shape index (κ1) is 19.4. The summed E-state index contributed by atoms with van der Waals surface area (Å²) in [6.07, 6.45) is -4.64. The molecule has 1 aromatic heterocycles. The van der Waals surface area contributed by atoms with Crippen LogP contribution in [0.2, 0.25) is 0 Å². The lowest BCUT2D eigenvalue weighted by Crippen LogP contribution is -2.49. The fourth-order valence-corrected chi connectivity index (χ4v) is 3.00. The van der Waals surface area contributed by atoms with Crippen molar-refractivity contribution < 1.29 is 32.6 Å². The summed E-state index contributed by atoms with van der Waals surface area (Å²) in [4.78, 5) is 11.4. The molecule has 9 heteroatoms. The summed E-state index contributed by atoms with van der Waals surface area (Å²) >= 11 is 0. The first-order valence-corrected chi connectivity index (χ1v) is 7.88. The van der Waals surface area contributed by atoms with Crippen molar-refractivity contribution in [1.82, 2.24) is 4.57 Å². The Balaban J connectivity index is 2.28. The van der Waals surface area contributed by atoms with Gasteiger partial charge >= 0.3 is 12.1 Å². The van der Waals surface area contributed by atoms with Crippen molar-refractivity contribution in [3.05, 3.63) is 71.2 Å². The monoisotopic (exact) mass is 392 g/mol. The molecule has 0 bridgehead atoms. The highest BCUT2D eigenvalue weighted by Gasteiger charge is 2.62. The summed E-state index contributed by atoms with van der Waals surface area (Å²) in [6.45, 7) is -0.100. The van der Waals surface area contributed by atoms with Gasteiger partial charge in [-0.15, -0.1) is 0 Å². The number of alkyl halides is 3. The average molecular weight is 392 g/mol. The summed E-state index contributed by atoms with van der Waals surface area (Å²) in [5.74, 6) is -3.03. The number of hydrogen-bond donors (Lipinski definition) is 2. The van der Waals surface area contributed by atoms with Crippen molar-refractivity contribution in [1.29, 1.82) is 5.26 Å². The largest absolute Gasteiger partial charge is 0.479 e. The van der Waals surface area contributed by atoms with Gasteiger partial charge in [-0.25, -0.2) is 9.18 Å². The molecule has 3 aromatic rings. The molecule has 144 valence electrons. The van der Waals surface area contributed by atoms with Crippen LogP contribution in [0.4, 0.5) is 17.6 Å². The third kappa shape index (κ3) is 3.08. The molecule has 2 aromatic carbocycles. The van der Waals surface area contributed by atoms with Crippen LogP contribution in [0, 0.1) is 17.1 Å². The van der Waals surface area contributed by atoms with Gasteiger partial charge in [0.2, 0.25) is 0 Å². The quantitative estimate of drug-likeness (QED) is 0.665. The Kier molecular flexibility index (Phi) is 4.61. The highest BCUT2D eigenvalue weighted by atomic mass is 19.4. The van der Waals surface area contributed by atoms with E-state index in [2.05, 4.69) is 0 Å². The highest BCUT2D eigenvalue weighted by molar-refractivity contribution is 5.92. The van der Waals surface area contributed by atoms with E-state index in [4.69, 9.17) is 10.4 Å². The van der Waals surface area contributed by atoms with E-state index in [0.29, 0.717) is 5.56 Å². The molecule has 0 aliphatic rings. The lowest BCUT2D eigenvalue weighted by molar-refractivity contribution is -0.265. The minimum absolute atomic E-state index is 0.0993. The lowest BCUT2D eigenvalue weighted by atomic mass is 9.92. The van der Waals surface area contributed by atoms with Crippen molar-refractivity contribution in [2.24, 2.45) is 0 Å². The Morgan fingerprint density at radius 3 is 2.46 bits per heavy atom. The Labute approximate surface area is 155 Å². The molecular formula is C19H12F4N2O3. The molecule has 0 fully saturated rings. The summed E-state index contributed by atoms with van der Waals surface area (Å²) in [5, 5.41) is 28.1. The van der Waals surface area contributed by atoms with E-state index in [-0.39, 0.29) is 23.0 Å². The van der Waals surface area contributed by atoms with E-state index < -0.39 is 29.1 Å². The zero-order chi connectivity index (χ0) is 20.7. The van der Waals surface area contributed by atoms with Crippen LogP contribution in [-0.4, -0.2) is 26.9 Å². The zero-order valence-corrected chi connectivity index (χ0v) is 14.0. The van der Waals surface area contributed by atoms with Crippen molar-refractivity contribution in [2.75, 3.05) is 0 Å². The average Bonchev–Trinajstić information content (AvgIpc) is 2.97. The molecule has 0 radical (unpaired) electrons. The molecule has 1 unspecified atom stereocenters. The standard InChI is InChI=1S/C19H12F4N2O3/c20-13-3-1-2-12(6-13)9-25-10-15(18(28,17(26)27)19(21,22)23)14-5-4-11(8-24)7-16(14)25/h1-7,10,28H,9H2,(H,26,27). The van der Waals surface area contributed by atoms with Crippen LogP contribution in [0.15, 0.2) is 48.7 Å². The number of nitrogens with zero attached hydrogens (tertiary/aromatic N) is 2. The lowest BCUT2D eigenvalue weighted by Gasteiger charge is -2.25. The SMILES string of the molecule is N#Cc1ccc2c(C(O)(C(=O)O)C(F)(F)F)cn(Cc3cccc(F)c3)c2c1. The van der Waals surface area contributed by atoms with Gasteiger partial charge in [0.05, 0.1) is 17.1 Å². The normalized spacial score (nSPS) is 13.9. The third-order valence-electron chi connectivity index (χ3n) is 4.36. The fourth-order valence-electron chi connectivity index (χ4n) is 3.00. The number of aliphatic carboxylic acids is 1. The van der Waals surface area contributed by atoms with Crippen LogP contribution in [0.1, 0.15) is 16.7 Å². The van der Waals surface area contributed by atoms with Crippen LogP contribution in [-0.2, 0) is 16.9 Å². The Bertz CT molecular complexity index is 1110. The molecule has 0 aliphatic carbocycles. The number of carbonyl (C=O) groups is 1. The van der Waals surface area contributed by atoms with Gasteiger partial charge in [-0.2, -0.15) is 18.4 Å². The van der Waals surface area contributed by atoms with E-state index in [1.165, 1.54) is 41.0 Å². The number of halogens is 4. The second kappa shape index (κ2) is 6.65. The second-order valence-corrected chi connectivity index (χ2v) is 6.16. The maximum Gasteiger partial charge on any atom is 0.432 e. The van der Waals surface area contributed by atoms with Crippen molar-refractivity contribution in [2.45, 2.75) is 18.3 Å². The molecule has 28 heavy (non-hydrogen) atoms. The van der Waals surface area contributed by atoms with Gasteiger partial charge in [-0.05, 0) is 29.8 Å². The van der Waals surface area contributed by atoms with Crippen LogP contribution in [0.25, 0.3) is 10.9 Å². The smallest absolute Gasteiger partial charge is 0.432 e. The van der Waals surface area contributed by atoms with E-state index in [1.54, 1.807) is 0 Å². The molecule has 1 atom stereocenters. The number of carboxylic acid groups (broad SMARTS) is 1. The van der Waals surface area contributed by atoms with Crippen molar-refractivity contribution in [3.63, 3.8) is 0 Å². The fraction of sp³-hybridized carbons (Fsp3) is 0.158. The molecule has 0 aliphatic heterocycles. The molecule has 0 saturated heterocycles. The van der Waals surface area contributed by atoms with Gasteiger partial charge in [0.25, 0.3) is 5.60 Å². The number of hydrogen-bond acceptors (Lipinski definition) is 3. The van der Waals surface area contributed by atoms with Gasteiger partial charge in [-0.3, -0.25) is 0 Å². The molecule has 1 heterocycles. The number of benzene rings is 2. The van der Waals surface area contributed by atoms with Crippen molar-refractivity contribution in [3.8, 4) is 6.07 Å². The first-order chi connectivity index (χ1) is 13.1. The molecule has 3 rings (SSSR count). The zero-order valence-electron chi connectivity index (χ0n) is 14.0. The topological polar surface area (TPSA) is 86.2 Å². The van der Waals surface area contributed by atoms with E-state index in [9.17, 15) is 27.5 Å². The van der Waals surface area contributed by atoms with Crippen LogP contribution in [0.3, 0.4) is 0 Å². The first-order valence-electron chi connectivity index (χ1n) is 7.88. The molecular weight excluding hydrogens is 380 g/mol. The van der Waals surface area contributed by atoms with Gasteiger partial charge in [-0.1, -0.05) is 18.2 Å². The summed E-state index contributed by atoms with van der Waals surface area (Å²) in [5.41, 5.74) is -4.40. The number of nitriles is 1. The molecule has 0 amide bonds. The number of fused-ring (bicyclic) bond motifs is 1. The Hall–Kier alpha value is -3.38. The molecule has 2 N–H and O–H groups in total. The van der Waals surface area contributed by atoms with Crippen LogP contribution in [0.5, 0.6) is 0 Å². The second-order valence-electron chi connectivity index (χ2n) is 6.16. The summed E-state index contributed by atoms with van der Waals surface area (Å²) in [7, 11) is 0. The van der Waals surface area contributed by atoms with Crippen molar-refractivity contribution >= 4 is 16.9 Å².